The highest BCUT2D eigenvalue weighted by Gasteiger charge is 2.05. The Labute approximate surface area is 130 Å². The fourth-order valence-corrected chi connectivity index (χ4v) is 2.19. The first kappa shape index (κ1) is 13.8. The summed E-state index contributed by atoms with van der Waals surface area (Å²) >= 11 is 12.1. The molecule has 2 heterocycles. The fraction of sp³-hybridized carbons (Fsp3) is 0.0769. The molecule has 0 radical (unpaired) electrons. The van der Waals surface area contributed by atoms with E-state index in [1.807, 2.05) is 6.92 Å². The number of aromatic nitrogens is 4. The molecule has 0 atom stereocenters. The first-order valence-corrected chi connectivity index (χ1v) is 6.82. The fourth-order valence-electron chi connectivity index (χ4n) is 1.76. The zero-order chi connectivity index (χ0) is 14.8. The molecule has 0 aliphatic heterocycles. The Balaban J connectivity index is 1.85. The molecule has 0 aliphatic rings. The molecule has 3 rings (SSSR count). The average Bonchev–Trinajstić information content (AvgIpc) is 2.94. The van der Waals surface area contributed by atoms with Crippen LogP contribution in [0.2, 0.25) is 10.0 Å². The van der Waals surface area contributed by atoms with Crippen molar-refractivity contribution in [3.8, 4) is 0 Å². The van der Waals surface area contributed by atoms with Crippen molar-refractivity contribution < 1.29 is 0 Å². The van der Waals surface area contributed by atoms with Crippen LogP contribution in [0.1, 0.15) is 12.5 Å². The van der Waals surface area contributed by atoms with E-state index in [1.54, 1.807) is 34.8 Å². The summed E-state index contributed by atoms with van der Waals surface area (Å²) in [6, 6.07) is 8.79. The van der Waals surface area contributed by atoms with E-state index in [4.69, 9.17) is 23.2 Å². The minimum absolute atomic E-state index is 0.569. The number of rotatable bonds is 3. The van der Waals surface area contributed by atoms with E-state index < -0.39 is 0 Å². The normalized spacial score (nSPS) is 11.9. The summed E-state index contributed by atoms with van der Waals surface area (Å²) in [5.74, 6) is 0.569. The van der Waals surface area contributed by atoms with Crippen LogP contribution in [0, 0.1) is 0 Å². The number of hydrogen-bond donors (Lipinski definition) is 1. The second kappa shape index (κ2) is 5.67. The second-order valence-electron chi connectivity index (χ2n) is 4.29. The van der Waals surface area contributed by atoms with Gasteiger partial charge in [0.05, 0.1) is 5.71 Å². The smallest absolute Gasteiger partial charge is 0.177 e. The Morgan fingerprint density at radius 1 is 1.24 bits per heavy atom. The second-order valence-corrected chi connectivity index (χ2v) is 5.13. The molecule has 0 saturated carbocycles. The van der Waals surface area contributed by atoms with Gasteiger partial charge in [0.25, 0.3) is 0 Å². The number of hydrazone groups is 1. The van der Waals surface area contributed by atoms with Gasteiger partial charge in [-0.3, -0.25) is 5.43 Å². The van der Waals surface area contributed by atoms with Crippen LogP contribution in [0.4, 0.5) is 5.82 Å². The van der Waals surface area contributed by atoms with E-state index >= 15 is 0 Å². The zero-order valence-corrected chi connectivity index (χ0v) is 12.5. The number of halogens is 2. The molecule has 0 aliphatic carbocycles. The van der Waals surface area contributed by atoms with E-state index in [2.05, 4.69) is 25.8 Å². The first-order valence-electron chi connectivity index (χ1n) is 6.06. The number of anilines is 1. The Morgan fingerprint density at radius 3 is 2.95 bits per heavy atom. The van der Waals surface area contributed by atoms with Crippen LogP contribution in [-0.2, 0) is 0 Å². The molecule has 6 nitrogen and oxygen atoms in total. The SMILES string of the molecule is C/C(=N/Nc1ccc2nncn2n1)c1cc(Cl)ccc1Cl. The maximum absolute atomic E-state index is 6.13. The Morgan fingerprint density at radius 2 is 2.10 bits per heavy atom. The predicted molar refractivity (Wildman–Crippen MR) is 83.1 cm³/mol. The maximum atomic E-state index is 6.13. The standard InChI is InChI=1S/C13H10Cl2N6/c1-8(10-6-9(14)2-3-11(10)15)17-18-12-4-5-13-19-16-7-21(13)20-12/h2-7H,1H3,(H,18,20)/b17-8-. The van der Waals surface area contributed by atoms with Crippen LogP contribution < -0.4 is 5.43 Å². The van der Waals surface area contributed by atoms with E-state index in [1.165, 1.54) is 6.33 Å². The summed E-state index contributed by atoms with van der Waals surface area (Å²) in [7, 11) is 0. The monoisotopic (exact) mass is 320 g/mol. The Hall–Kier alpha value is -2.18. The molecule has 2 aromatic heterocycles. The summed E-state index contributed by atoms with van der Waals surface area (Å²) < 4.78 is 1.56. The van der Waals surface area contributed by atoms with Crippen molar-refractivity contribution in [1.82, 2.24) is 19.8 Å². The lowest BCUT2D eigenvalue weighted by Gasteiger charge is -2.05. The average molecular weight is 321 g/mol. The van der Waals surface area contributed by atoms with Gasteiger partial charge in [-0.15, -0.1) is 15.3 Å². The first-order chi connectivity index (χ1) is 10.1. The topological polar surface area (TPSA) is 67.5 Å². The molecule has 0 bridgehead atoms. The van der Waals surface area contributed by atoms with Gasteiger partial charge in [-0.2, -0.15) is 9.62 Å². The molecular weight excluding hydrogens is 311 g/mol. The van der Waals surface area contributed by atoms with Crippen molar-refractivity contribution in [1.29, 1.82) is 0 Å². The summed E-state index contributed by atoms with van der Waals surface area (Å²) in [6.45, 7) is 1.84. The van der Waals surface area contributed by atoms with Crippen LogP contribution >= 0.6 is 23.2 Å². The van der Waals surface area contributed by atoms with E-state index in [9.17, 15) is 0 Å². The quantitative estimate of drug-likeness (QED) is 0.594. The lowest BCUT2D eigenvalue weighted by atomic mass is 10.1. The molecule has 1 aromatic carbocycles. The molecule has 0 unspecified atom stereocenters. The van der Waals surface area contributed by atoms with Crippen LogP contribution in [0.3, 0.4) is 0 Å². The highest BCUT2D eigenvalue weighted by molar-refractivity contribution is 6.36. The van der Waals surface area contributed by atoms with Crippen LogP contribution in [0.15, 0.2) is 41.8 Å². The minimum Gasteiger partial charge on any atom is -0.260 e. The van der Waals surface area contributed by atoms with Gasteiger partial charge in [-0.05, 0) is 37.3 Å². The molecule has 0 saturated heterocycles. The van der Waals surface area contributed by atoms with Crippen molar-refractivity contribution in [2.45, 2.75) is 6.92 Å². The number of fused-ring (bicyclic) bond motifs is 1. The molecular formula is C13H10Cl2N6. The van der Waals surface area contributed by atoms with Crippen molar-refractivity contribution in [2.24, 2.45) is 5.10 Å². The van der Waals surface area contributed by atoms with Crippen molar-refractivity contribution in [3.63, 3.8) is 0 Å². The highest BCUT2D eigenvalue weighted by atomic mass is 35.5. The van der Waals surface area contributed by atoms with Crippen molar-refractivity contribution in [2.75, 3.05) is 5.43 Å². The molecule has 0 fully saturated rings. The summed E-state index contributed by atoms with van der Waals surface area (Å²) in [5, 5.41) is 17.4. The predicted octanol–water partition coefficient (Wildman–Crippen LogP) is 3.27. The van der Waals surface area contributed by atoms with Gasteiger partial charge in [0.15, 0.2) is 11.5 Å². The lowest BCUT2D eigenvalue weighted by Crippen LogP contribution is -2.03. The van der Waals surface area contributed by atoms with Gasteiger partial charge < -0.3 is 0 Å². The maximum Gasteiger partial charge on any atom is 0.177 e. The van der Waals surface area contributed by atoms with Gasteiger partial charge in [0.2, 0.25) is 0 Å². The minimum atomic E-state index is 0.569. The number of benzene rings is 1. The van der Waals surface area contributed by atoms with Gasteiger partial charge in [0, 0.05) is 15.6 Å². The largest absolute Gasteiger partial charge is 0.260 e. The van der Waals surface area contributed by atoms with E-state index in [-0.39, 0.29) is 0 Å². The third-order valence-electron chi connectivity index (χ3n) is 2.82. The van der Waals surface area contributed by atoms with Crippen molar-refractivity contribution >= 4 is 40.4 Å². The van der Waals surface area contributed by atoms with Gasteiger partial charge in [-0.25, -0.2) is 0 Å². The van der Waals surface area contributed by atoms with Gasteiger partial charge in [-0.1, -0.05) is 23.2 Å². The molecule has 3 aromatic rings. The summed E-state index contributed by atoms with van der Waals surface area (Å²) in [5.41, 5.74) is 5.00. The molecule has 106 valence electrons. The number of nitrogens with zero attached hydrogens (tertiary/aromatic N) is 5. The molecule has 21 heavy (non-hydrogen) atoms. The Bertz CT molecular complexity index is 826. The van der Waals surface area contributed by atoms with E-state index in [0.29, 0.717) is 27.2 Å². The van der Waals surface area contributed by atoms with E-state index in [0.717, 1.165) is 5.56 Å². The third-order valence-corrected chi connectivity index (χ3v) is 3.38. The zero-order valence-electron chi connectivity index (χ0n) is 11.0. The highest BCUT2D eigenvalue weighted by Crippen LogP contribution is 2.21. The molecule has 0 amide bonds. The van der Waals surface area contributed by atoms with Crippen molar-refractivity contribution in [3.05, 3.63) is 52.3 Å². The van der Waals surface area contributed by atoms with Crippen LogP contribution in [0.5, 0.6) is 0 Å². The third kappa shape index (κ3) is 2.96. The molecule has 8 heteroatoms. The van der Waals surface area contributed by atoms with Crippen LogP contribution in [0.25, 0.3) is 5.65 Å². The number of nitrogens with one attached hydrogen (secondary N) is 1. The summed E-state index contributed by atoms with van der Waals surface area (Å²) in [6.07, 6.45) is 1.52. The summed E-state index contributed by atoms with van der Waals surface area (Å²) in [4.78, 5) is 0. The lowest BCUT2D eigenvalue weighted by molar-refractivity contribution is 0.924. The van der Waals surface area contributed by atoms with Crippen LogP contribution in [-0.4, -0.2) is 25.5 Å². The molecule has 1 N–H and O–H groups in total. The Kier molecular flexibility index (Phi) is 3.72. The number of hydrogen-bond acceptors (Lipinski definition) is 5. The van der Waals surface area contributed by atoms with Gasteiger partial charge >= 0.3 is 0 Å². The van der Waals surface area contributed by atoms with Gasteiger partial charge in [0.1, 0.15) is 6.33 Å². The molecule has 0 spiro atoms.